The molecule has 3 aliphatic rings. The number of aliphatic hydroxyl groups is 4. The Bertz CT molecular complexity index is 637. The van der Waals surface area contributed by atoms with Gasteiger partial charge in [0, 0.05) is 31.5 Å². The average Bonchev–Trinajstić information content (AvgIpc) is 2.77. The van der Waals surface area contributed by atoms with Crippen LogP contribution < -0.4 is 16.4 Å². The number of nitrogens with two attached hydrogens (primary N) is 1. The monoisotopic (exact) mass is 475 g/mol. The first-order chi connectivity index (χ1) is 15.7. The van der Waals surface area contributed by atoms with Crippen molar-refractivity contribution < 1.29 is 39.4 Å². The summed E-state index contributed by atoms with van der Waals surface area (Å²) in [5, 5.41) is 46.9. The molecule has 2 heterocycles. The lowest BCUT2D eigenvalue weighted by Gasteiger charge is -2.46. The topological polar surface area (TPSA) is 168 Å². The number of rotatable bonds is 10. The molecule has 1 saturated heterocycles. The summed E-state index contributed by atoms with van der Waals surface area (Å²) in [4.78, 5) is 0. The van der Waals surface area contributed by atoms with E-state index in [1.165, 1.54) is 0 Å². The molecule has 9 atom stereocenters. The molecule has 3 rings (SSSR count). The van der Waals surface area contributed by atoms with Crippen molar-refractivity contribution in [3.05, 3.63) is 11.8 Å². The molecule has 11 heteroatoms. The van der Waals surface area contributed by atoms with Gasteiger partial charge in [0.15, 0.2) is 12.6 Å². The summed E-state index contributed by atoms with van der Waals surface area (Å²) in [6.07, 6.45) is -0.401. The van der Waals surface area contributed by atoms with Crippen LogP contribution in [0.2, 0.25) is 0 Å². The number of nitrogens with one attached hydrogen (secondary N) is 2. The molecule has 0 amide bonds. The molecule has 0 aromatic heterocycles. The number of likely N-dealkylation sites (N-methyl/N-ethyl adjacent to an activating group) is 1. The van der Waals surface area contributed by atoms with E-state index >= 15 is 0 Å². The molecule has 1 aliphatic carbocycles. The van der Waals surface area contributed by atoms with Crippen LogP contribution in [0.25, 0.3) is 0 Å². The maximum atomic E-state index is 11.2. The summed E-state index contributed by atoms with van der Waals surface area (Å²) >= 11 is 0. The van der Waals surface area contributed by atoms with Gasteiger partial charge in [-0.3, -0.25) is 0 Å². The fraction of sp³-hybridized carbons (Fsp3) is 0.909. The molecule has 0 radical (unpaired) electrons. The van der Waals surface area contributed by atoms with Crippen LogP contribution >= 0.6 is 0 Å². The van der Waals surface area contributed by atoms with Crippen molar-refractivity contribution in [3.63, 3.8) is 0 Å². The van der Waals surface area contributed by atoms with E-state index in [1.54, 1.807) is 14.0 Å². The Balaban J connectivity index is 1.59. The Hall–Kier alpha value is -0.860. The Morgan fingerprint density at radius 1 is 1.27 bits per heavy atom. The zero-order valence-corrected chi connectivity index (χ0v) is 19.6. The SMILES string of the molecule is CNC1CC(N)[C@@H](O[C@@H]2CCC=C(CNCCCO)O2)C(O)[C@H]1OC1OC[C@](C)(O)CC1O. The number of ether oxygens (including phenoxy) is 4. The molecule has 8 N–H and O–H groups in total. The van der Waals surface area contributed by atoms with Crippen molar-refractivity contribution in [1.29, 1.82) is 0 Å². The van der Waals surface area contributed by atoms with Crippen LogP contribution in [-0.2, 0) is 18.9 Å². The van der Waals surface area contributed by atoms with Crippen LogP contribution in [0.1, 0.15) is 39.0 Å². The van der Waals surface area contributed by atoms with Gasteiger partial charge in [-0.25, -0.2) is 0 Å². The first-order valence-electron chi connectivity index (χ1n) is 11.8. The van der Waals surface area contributed by atoms with Crippen LogP contribution in [0.15, 0.2) is 11.8 Å². The third-order valence-electron chi connectivity index (χ3n) is 6.38. The Morgan fingerprint density at radius 2 is 2.06 bits per heavy atom. The molecule has 33 heavy (non-hydrogen) atoms. The molecule has 5 unspecified atom stereocenters. The van der Waals surface area contributed by atoms with Crippen LogP contribution in [-0.4, -0.2) is 108 Å². The highest BCUT2D eigenvalue weighted by atomic mass is 16.7. The van der Waals surface area contributed by atoms with Crippen LogP contribution in [0.3, 0.4) is 0 Å². The summed E-state index contributed by atoms with van der Waals surface area (Å²) in [7, 11) is 1.76. The highest BCUT2D eigenvalue weighted by Crippen LogP contribution is 2.31. The van der Waals surface area contributed by atoms with Crippen molar-refractivity contribution in [2.24, 2.45) is 5.73 Å². The number of hydrogen-bond donors (Lipinski definition) is 7. The maximum absolute atomic E-state index is 11.2. The minimum atomic E-state index is -1.13. The predicted octanol–water partition coefficient (Wildman–Crippen LogP) is -1.71. The van der Waals surface area contributed by atoms with Crippen molar-refractivity contribution in [2.75, 3.05) is 33.4 Å². The third-order valence-corrected chi connectivity index (χ3v) is 6.38. The number of hydrogen-bond acceptors (Lipinski definition) is 11. The second kappa shape index (κ2) is 12.2. The van der Waals surface area contributed by atoms with Gasteiger partial charge < -0.3 is 55.7 Å². The summed E-state index contributed by atoms with van der Waals surface area (Å²) in [6.45, 7) is 2.97. The second-order valence-electron chi connectivity index (χ2n) is 9.48. The van der Waals surface area contributed by atoms with E-state index in [4.69, 9.17) is 29.8 Å². The highest BCUT2D eigenvalue weighted by Gasteiger charge is 2.48. The van der Waals surface area contributed by atoms with Gasteiger partial charge in [0.1, 0.15) is 30.2 Å². The lowest BCUT2D eigenvalue weighted by Crippen LogP contribution is -2.65. The summed E-state index contributed by atoms with van der Waals surface area (Å²) in [5.41, 5.74) is 5.23. The van der Waals surface area contributed by atoms with E-state index in [-0.39, 0.29) is 25.7 Å². The van der Waals surface area contributed by atoms with Gasteiger partial charge in [0.25, 0.3) is 0 Å². The maximum Gasteiger partial charge on any atom is 0.200 e. The third kappa shape index (κ3) is 7.31. The Labute approximate surface area is 195 Å². The van der Waals surface area contributed by atoms with Crippen LogP contribution in [0.4, 0.5) is 0 Å². The van der Waals surface area contributed by atoms with Gasteiger partial charge in [0.2, 0.25) is 0 Å². The molecule has 2 fully saturated rings. The second-order valence-corrected chi connectivity index (χ2v) is 9.48. The molecule has 11 nitrogen and oxygen atoms in total. The summed E-state index contributed by atoms with van der Waals surface area (Å²) in [5.74, 6) is 0.759. The zero-order valence-electron chi connectivity index (χ0n) is 19.6. The lowest BCUT2D eigenvalue weighted by atomic mass is 9.84. The Morgan fingerprint density at radius 3 is 2.76 bits per heavy atom. The van der Waals surface area contributed by atoms with E-state index in [9.17, 15) is 15.3 Å². The fourth-order valence-electron chi connectivity index (χ4n) is 4.60. The minimum absolute atomic E-state index is 0.0264. The largest absolute Gasteiger partial charge is 0.468 e. The van der Waals surface area contributed by atoms with E-state index in [0.717, 1.165) is 12.2 Å². The predicted molar refractivity (Wildman–Crippen MR) is 119 cm³/mol. The van der Waals surface area contributed by atoms with Gasteiger partial charge in [-0.15, -0.1) is 0 Å². The molecule has 2 aliphatic heterocycles. The van der Waals surface area contributed by atoms with E-state index in [0.29, 0.717) is 32.4 Å². The molecule has 0 bridgehead atoms. The molecular weight excluding hydrogens is 434 g/mol. The van der Waals surface area contributed by atoms with Gasteiger partial charge in [0.05, 0.1) is 18.8 Å². The van der Waals surface area contributed by atoms with E-state index < -0.39 is 48.6 Å². The molecular formula is C22H41N3O8. The van der Waals surface area contributed by atoms with Crippen molar-refractivity contribution in [3.8, 4) is 0 Å². The molecule has 0 aromatic rings. The van der Waals surface area contributed by atoms with Gasteiger partial charge in [-0.05, 0) is 45.9 Å². The smallest absolute Gasteiger partial charge is 0.200 e. The normalized spacial score (nSPS) is 42.0. The number of aliphatic hydroxyl groups excluding tert-OH is 3. The van der Waals surface area contributed by atoms with Crippen LogP contribution in [0, 0.1) is 0 Å². The average molecular weight is 476 g/mol. The van der Waals surface area contributed by atoms with E-state index in [1.807, 2.05) is 6.08 Å². The molecule has 0 aromatic carbocycles. The molecule has 0 spiro atoms. The first-order valence-corrected chi connectivity index (χ1v) is 11.8. The van der Waals surface area contributed by atoms with Crippen molar-refractivity contribution in [1.82, 2.24) is 10.6 Å². The molecule has 192 valence electrons. The van der Waals surface area contributed by atoms with Gasteiger partial charge in [-0.2, -0.15) is 0 Å². The molecule has 1 saturated carbocycles. The quantitative estimate of drug-likeness (QED) is 0.180. The Kier molecular flexibility index (Phi) is 9.89. The minimum Gasteiger partial charge on any atom is -0.468 e. The van der Waals surface area contributed by atoms with Crippen molar-refractivity contribution in [2.45, 2.75) is 93.7 Å². The standard InChI is InChI=1S/C22H41N3O8/c1-22(29)10-16(27)21(30-12-22)33-20-15(24-2)9-14(23)19(18(20)28)32-17-6-3-5-13(31-17)11-25-7-4-8-26/h5,14-21,24-29H,3-4,6-12,23H2,1-2H3/t14?,15?,16?,17-,18?,19-,20+,21?,22-/m1/s1. The lowest BCUT2D eigenvalue weighted by molar-refractivity contribution is -0.297. The summed E-state index contributed by atoms with van der Waals surface area (Å²) < 4.78 is 23.6. The van der Waals surface area contributed by atoms with Gasteiger partial charge >= 0.3 is 0 Å². The summed E-state index contributed by atoms with van der Waals surface area (Å²) in [6, 6.07) is -0.720. The highest BCUT2D eigenvalue weighted by molar-refractivity contribution is 5.02. The van der Waals surface area contributed by atoms with Crippen LogP contribution in [0.5, 0.6) is 0 Å². The first kappa shape index (κ1) is 26.7. The fourth-order valence-corrected chi connectivity index (χ4v) is 4.60. The van der Waals surface area contributed by atoms with Crippen molar-refractivity contribution >= 4 is 0 Å². The number of allylic oxidation sites excluding steroid dienone is 1. The van der Waals surface area contributed by atoms with Gasteiger partial charge in [-0.1, -0.05) is 0 Å². The van der Waals surface area contributed by atoms with E-state index in [2.05, 4.69) is 10.6 Å². The zero-order chi connectivity index (χ0) is 24.0.